The van der Waals surface area contributed by atoms with Crippen LogP contribution in [0.4, 0.5) is 0 Å². The average Bonchev–Trinajstić information content (AvgIpc) is 2.53. The Balaban J connectivity index is 1.90. The number of nitrogens with two attached hydrogens (primary N) is 1. The zero-order valence-corrected chi connectivity index (χ0v) is 8.00. The van der Waals surface area contributed by atoms with Crippen LogP contribution in [0.1, 0.15) is 6.42 Å². The van der Waals surface area contributed by atoms with Crippen molar-refractivity contribution >= 4 is 11.9 Å². The number of carbonyl (C=O) groups excluding carboxylic acids is 2. The summed E-state index contributed by atoms with van der Waals surface area (Å²) < 4.78 is 5.04. The highest BCUT2D eigenvalue weighted by Gasteiger charge is 2.45. The molecule has 2 heterocycles. The molecule has 15 heavy (non-hydrogen) atoms. The predicted molar refractivity (Wildman–Crippen MR) is 49.3 cm³/mol. The summed E-state index contributed by atoms with van der Waals surface area (Å²) in [5, 5.41) is 8.64. The van der Waals surface area contributed by atoms with Crippen molar-refractivity contribution in [3.8, 4) is 0 Å². The van der Waals surface area contributed by atoms with Crippen molar-refractivity contribution in [3.63, 3.8) is 0 Å². The van der Waals surface area contributed by atoms with Gasteiger partial charge in [0.1, 0.15) is 12.1 Å². The van der Waals surface area contributed by atoms with Crippen LogP contribution < -0.4 is 5.73 Å². The van der Waals surface area contributed by atoms with Gasteiger partial charge in [-0.2, -0.15) is 0 Å². The van der Waals surface area contributed by atoms with Gasteiger partial charge in [0.25, 0.3) is 0 Å². The van der Waals surface area contributed by atoms with E-state index in [0.717, 1.165) is 0 Å². The molecule has 3 atom stereocenters. The van der Waals surface area contributed by atoms with Gasteiger partial charge in [0.2, 0.25) is 5.91 Å². The standard InChI is InChI=1S/C9H12N2O4/c10-5(4-12)9(14)15-7-1-2-11-6(7)3-8(11)13/h1-2,5-7,12H,3-4,10H2/t5-,6?,7?/m0/s1. The van der Waals surface area contributed by atoms with Gasteiger partial charge in [0.15, 0.2) is 0 Å². The van der Waals surface area contributed by atoms with E-state index in [-0.39, 0.29) is 11.9 Å². The summed E-state index contributed by atoms with van der Waals surface area (Å²) in [5.74, 6) is -0.616. The minimum Gasteiger partial charge on any atom is -0.455 e. The minimum absolute atomic E-state index is 0.0289. The van der Waals surface area contributed by atoms with Crippen molar-refractivity contribution in [1.82, 2.24) is 4.90 Å². The number of fused-ring (bicyclic) bond motifs is 1. The normalized spacial score (nSPS) is 29.7. The molecule has 0 radical (unpaired) electrons. The van der Waals surface area contributed by atoms with Gasteiger partial charge in [0, 0.05) is 6.20 Å². The Morgan fingerprint density at radius 2 is 2.53 bits per heavy atom. The molecule has 1 fully saturated rings. The van der Waals surface area contributed by atoms with E-state index in [4.69, 9.17) is 15.6 Å². The molecule has 2 aliphatic rings. The first-order valence-corrected chi connectivity index (χ1v) is 4.70. The van der Waals surface area contributed by atoms with Crippen LogP contribution >= 0.6 is 0 Å². The first kappa shape index (κ1) is 10.1. The molecule has 6 nitrogen and oxygen atoms in total. The number of hydrogen-bond acceptors (Lipinski definition) is 5. The molecule has 3 N–H and O–H groups in total. The number of hydrogen-bond donors (Lipinski definition) is 2. The molecule has 0 aromatic heterocycles. The van der Waals surface area contributed by atoms with Crippen molar-refractivity contribution in [1.29, 1.82) is 0 Å². The smallest absolute Gasteiger partial charge is 0.325 e. The fourth-order valence-electron chi connectivity index (χ4n) is 1.64. The molecule has 2 rings (SSSR count). The molecule has 82 valence electrons. The Hall–Kier alpha value is -1.40. The second-order valence-electron chi connectivity index (χ2n) is 3.60. The second kappa shape index (κ2) is 3.63. The van der Waals surface area contributed by atoms with Crippen LogP contribution in [-0.4, -0.2) is 46.7 Å². The van der Waals surface area contributed by atoms with Crippen LogP contribution in [0, 0.1) is 0 Å². The van der Waals surface area contributed by atoms with Gasteiger partial charge in [-0.1, -0.05) is 0 Å². The van der Waals surface area contributed by atoms with Crippen LogP contribution in [0.2, 0.25) is 0 Å². The quantitative estimate of drug-likeness (QED) is 0.431. The predicted octanol–water partition coefficient (Wildman–Crippen LogP) is -1.65. The first-order valence-electron chi connectivity index (χ1n) is 4.70. The molecular formula is C9H12N2O4. The van der Waals surface area contributed by atoms with Crippen LogP contribution in [0.25, 0.3) is 0 Å². The van der Waals surface area contributed by atoms with E-state index in [9.17, 15) is 9.59 Å². The summed E-state index contributed by atoms with van der Waals surface area (Å²) >= 11 is 0. The largest absolute Gasteiger partial charge is 0.455 e. The van der Waals surface area contributed by atoms with Crippen molar-refractivity contribution in [2.45, 2.75) is 24.6 Å². The Morgan fingerprint density at radius 1 is 1.80 bits per heavy atom. The molecule has 0 saturated carbocycles. The zero-order valence-electron chi connectivity index (χ0n) is 8.00. The molecule has 0 spiro atoms. The van der Waals surface area contributed by atoms with Crippen molar-refractivity contribution in [2.75, 3.05) is 6.61 Å². The lowest BCUT2D eigenvalue weighted by Gasteiger charge is -2.36. The molecule has 2 aliphatic heterocycles. The van der Waals surface area contributed by atoms with Crippen LogP contribution in [0.3, 0.4) is 0 Å². The van der Waals surface area contributed by atoms with E-state index in [1.807, 2.05) is 0 Å². The molecule has 1 saturated heterocycles. The summed E-state index contributed by atoms with van der Waals surface area (Å²) in [7, 11) is 0. The van der Waals surface area contributed by atoms with Gasteiger partial charge >= 0.3 is 5.97 Å². The Labute approximate surface area is 86.3 Å². The van der Waals surface area contributed by atoms with Gasteiger partial charge in [-0.15, -0.1) is 0 Å². The van der Waals surface area contributed by atoms with Crippen molar-refractivity contribution in [3.05, 3.63) is 12.3 Å². The van der Waals surface area contributed by atoms with E-state index >= 15 is 0 Å². The van der Waals surface area contributed by atoms with E-state index in [1.54, 1.807) is 12.3 Å². The Morgan fingerprint density at radius 3 is 3.07 bits per heavy atom. The van der Waals surface area contributed by atoms with Crippen LogP contribution in [0.15, 0.2) is 12.3 Å². The lowest BCUT2D eigenvalue weighted by Crippen LogP contribution is -2.53. The first-order chi connectivity index (χ1) is 7.13. The fourth-order valence-corrected chi connectivity index (χ4v) is 1.64. The summed E-state index contributed by atoms with van der Waals surface area (Å²) in [6, 6.07) is -1.09. The zero-order chi connectivity index (χ0) is 11.0. The number of rotatable bonds is 3. The maximum absolute atomic E-state index is 11.2. The number of β-lactam (4-membered cyclic amide) rings is 1. The molecule has 0 bridgehead atoms. The van der Waals surface area contributed by atoms with Gasteiger partial charge < -0.3 is 20.5 Å². The number of aliphatic hydroxyl groups is 1. The molecule has 1 amide bonds. The van der Waals surface area contributed by atoms with Gasteiger partial charge in [-0.05, 0) is 6.08 Å². The number of esters is 1. The van der Waals surface area contributed by atoms with Gasteiger partial charge in [-0.25, -0.2) is 0 Å². The third kappa shape index (κ3) is 1.62. The number of aliphatic hydroxyl groups excluding tert-OH is 1. The molecule has 0 aromatic carbocycles. The van der Waals surface area contributed by atoms with Crippen molar-refractivity contribution < 1.29 is 19.4 Å². The summed E-state index contributed by atoms with van der Waals surface area (Å²) in [6.45, 7) is -0.442. The third-order valence-corrected chi connectivity index (χ3v) is 2.60. The van der Waals surface area contributed by atoms with E-state index < -0.39 is 24.7 Å². The third-order valence-electron chi connectivity index (χ3n) is 2.60. The molecule has 0 aliphatic carbocycles. The molecule has 0 aromatic rings. The monoisotopic (exact) mass is 212 g/mol. The Bertz CT molecular complexity index is 328. The number of carbonyl (C=O) groups is 2. The topological polar surface area (TPSA) is 92.9 Å². The summed E-state index contributed by atoms with van der Waals surface area (Å²) in [5.41, 5.74) is 5.29. The van der Waals surface area contributed by atoms with Crippen LogP contribution in [0.5, 0.6) is 0 Å². The van der Waals surface area contributed by atoms with E-state index in [1.165, 1.54) is 4.90 Å². The van der Waals surface area contributed by atoms with Gasteiger partial charge in [-0.3, -0.25) is 9.59 Å². The summed E-state index contributed by atoms with van der Waals surface area (Å²) in [6.07, 6.45) is 3.23. The fraction of sp³-hybridized carbons (Fsp3) is 0.556. The molecule has 6 heteroatoms. The molecular weight excluding hydrogens is 200 g/mol. The number of amides is 1. The highest BCUT2D eigenvalue weighted by molar-refractivity contribution is 5.86. The second-order valence-corrected chi connectivity index (χ2v) is 3.60. The molecule has 2 unspecified atom stereocenters. The SMILES string of the molecule is N[C@@H](CO)C(=O)OC1C=CN2C(=O)CC12. The van der Waals surface area contributed by atoms with Crippen LogP contribution in [-0.2, 0) is 14.3 Å². The number of ether oxygens (including phenoxy) is 1. The van der Waals surface area contributed by atoms with E-state index in [2.05, 4.69) is 0 Å². The Kier molecular flexibility index (Phi) is 2.45. The highest BCUT2D eigenvalue weighted by atomic mass is 16.5. The van der Waals surface area contributed by atoms with E-state index in [0.29, 0.717) is 6.42 Å². The minimum atomic E-state index is -1.01. The van der Waals surface area contributed by atoms with Crippen molar-refractivity contribution in [2.24, 2.45) is 5.73 Å². The average molecular weight is 212 g/mol. The highest BCUT2D eigenvalue weighted by Crippen LogP contribution is 2.30. The maximum atomic E-state index is 11.2. The lowest BCUT2D eigenvalue weighted by molar-refractivity contribution is -0.158. The lowest BCUT2D eigenvalue weighted by atomic mass is 10.0. The maximum Gasteiger partial charge on any atom is 0.325 e. The summed E-state index contributed by atoms with van der Waals surface area (Å²) in [4.78, 5) is 23.8. The van der Waals surface area contributed by atoms with Gasteiger partial charge in [0.05, 0.1) is 19.1 Å². The number of nitrogens with zero attached hydrogens (tertiary/aromatic N) is 1.